The number of rotatable bonds is 8. The van der Waals surface area contributed by atoms with Crippen LogP contribution in [-0.2, 0) is 11.3 Å². The first-order valence-corrected chi connectivity index (χ1v) is 11.4. The number of aryl methyl sites for hydroxylation is 2. The van der Waals surface area contributed by atoms with Gasteiger partial charge < -0.3 is 13.9 Å². The first-order chi connectivity index (χ1) is 15.5. The van der Waals surface area contributed by atoms with Crippen molar-refractivity contribution in [2.75, 3.05) is 13.2 Å². The third kappa shape index (κ3) is 5.23. The molecule has 0 saturated carbocycles. The predicted molar refractivity (Wildman–Crippen MR) is 131 cm³/mol. The number of hydrogen-bond donors (Lipinski definition) is 0. The second-order valence-electron chi connectivity index (χ2n) is 7.35. The van der Waals surface area contributed by atoms with Gasteiger partial charge in [0.05, 0.1) is 17.7 Å². The molecule has 4 rings (SSSR count). The van der Waals surface area contributed by atoms with Gasteiger partial charge in [-0.1, -0.05) is 53.8 Å². The monoisotopic (exact) mass is 465 g/mol. The van der Waals surface area contributed by atoms with Crippen LogP contribution in [0.2, 0.25) is 0 Å². The quantitative estimate of drug-likeness (QED) is 0.240. The number of ether oxygens (including phenoxy) is 2. The van der Waals surface area contributed by atoms with Gasteiger partial charge in [-0.25, -0.2) is 0 Å². The SMILES string of the molecule is Cc1ccc(OCCOc2ccccc2C)c(C=C2SC(=S)N(Cc3ccco3)C2=O)c1. The van der Waals surface area contributed by atoms with Gasteiger partial charge >= 0.3 is 0 Å². The summed E-state index contributed by atoms with van der Waals surface area (Å²) in [4.78, 5) is 15.1. The highest BCUT2D eigenvalue weighted by Gasteiger charge is 2.32. The van der Waals surface area contributed by atoms with Gasteiger partial charge in [-0.15, -0.1) is 0 Å². The molecule has 0 N–H and O–H groups in total. The lowest BCUT2D eigenvalue weighted by molar-refractivity contribution is -0.122. The largest absolute Gasteiger partial charge is 0.490 e. The molecule has 1 amide bonds. The minimum absolute atomic E-state index is 0.133. The molecular weight excluding hydrogens is 442 g/mol. The number of furan rings is 1. The van der Waals surface area contributed by atoms with Crippen molar-refractivity contribution in [1.82, 2.24) is 4.90 Å². The zero-order valence-corrected chi connectivity index (χ0v) is 19.5. The number of nitrogens with zero attached hydrogens (tertiary/aromatic N) is 1. The Hall–Kier alpha value is -3.03. The Balaban J connectivity index is 1.44. The van der Waals surface area contributed by atoms with E-state index >= 15 is 0 Å². The first-order valence-electron chi connectivity index (χ1n) is 10.2. The molecule has 1 saturated heterocycles. The third-order valence-corrected chi connectivity index (χ3v) is 6.29. The minimum Gasteiger partial charge on any atom is -0.490 e. The second kappa shape index (κ2) is 10.1. The fourth-order valence-corrected chi connectivity index (χ4v) is 4.52. The van der Waals surface area contributed by atoms with Crippen molar-refractivity contribution in [3.8, 4) is 11.5 Å². The highest BCUT2D eigenvalue weighted by atomic mass is 32.2. The van der Waals surface area contributed by atoms with Crippen molar-refractivity contribution in [1.29, 1.82) is 0 Å². The Morgan fingerprint density at radius 2 is 1.81 bits per heavy atom. The van der Waals surface area contributed by atoms with E-state index in [0.717, 1.165) is 22.4 Å². The summed E-state index contributed by atoms with van der Waals surface area (Å²) >= 11 is 6.71. The molecule has 0 unspecified atom stereocenters. The number of carbonyl (C=O) groups is 1. The number of hydrogen-bond acceptors (Lipinski definition) is 6. The molecule has 3 aromatic rings. The lowest BCUT2D eigenvalue weighted by Crippen LogP contribution is -2.27. The predicted octanol–water partition coefficient (Wildman–Crippen LogP) is 5.76. The molecule has 1 aliphatic heterocycles. The maximum Gasteiger partial charge on any atom is 0.266 e. The number of amides is 1. The molecule has 0 radical (unpaired) electrons. The van der Waals surface area contributed by atoms with Crippen LogP contribution in [0.5, 0.6) is 11.5 Å². The average molecular weight is 466 g/mol. The van der Waals surface area contributed by atoms with Crippen LogP contribution in [0.25, 0.3) is 6.08 Å². The highest BCUT2D eigenvalue weighted by Crippen LogP contribution is 2.35. The molecule has 2 heterocycles. The Bertz CT molecular complexity index is 1150. The van der Waals surface area contributed by atoms with Gasteiger partial charge in [0.2, 0.25) is 0 Å². The first kappa shape index (κ1) is 22.2. The van der Waals surface area contributed by atoms with E-state index in [1.54, 1.807) is 17.2 Å². The summed E-state index contributed by atoms with van der Waals surface area (Å²) < 4.78 is 17.7. The van der Waals surface area contributed by atoms with Crippen LogP contribution in [0.15, 0.2) is 70.2 Å². The van der Waals surface area contributed by atoms with E-state index in [1.165, 1.54) is 11.8 Å². The van der Waals surface area contributed by atoms with Crippen LogP contribution in [-0.4, -0.2) is 28.3 Å². The molecule has 1 aromatic heterocycles. The molecule has 7 heteroatoms. The molecule has 5 nitrogen and oxygen atoms in total. The van der Waals surface area contributed by atoms with Gasteiger partial charge in [-0.3, -0.25) is 9.69 Å². The van der Waals surface area contributed by atoms with E-state index in [-0.39, 0.29) is 5.91 Å². The van der Waals surface area contributed by atoms with Crippen LogP contribution in [0.3, 0.4) is 0 Å². The molecule has 0 aliphatic carbocycles. The molecule has 2 aromatic carbocycles. The maximum atomic E-state index is 12.9. The smallest absolute Gasteiger partial charge is 0.266 e. The number of benzene rings is 2. The fourth-order valence-electron chi connectivity index (χ4n) is 3.27. The van der Waals surface area contributed by atoms with Crippen molar-refractivity contribution in [2.24, 2.45) is 0 Å². The van der Waals surface area contributed by atoms with Crippen LogP contribution in [0.1, 0.15) is 22.5 Å². The van der Waals surface area contributed by atoms with Crippen LogP contribution < -0.4 is 9.47 Å². The Morgan fingerprint density at radius 3 is 2.56 bits per heavy atom. The van der Waals surface area contributed by atoms with Gasteiger partial charge in [0.15, 0.2) is 0 Å². The lowest BCUT2D eigenvalue weighted by Gasteiger charge is -2.13. The normalized spacial score (nSPS) is 14.9. The molecule has 32 heavy (non-hydrogen) atoms. The van der Waals surface area contributed by atoms with Crippen molar-refractivity contribution < 1.29 is 18.7 Å². The summed E-state index contributed by atoms with van der Waals surface area (Å²) in [6.45, 7) is 5.14. The minimum atomic E-state index is -0.133. The summed E-state index contributed by atoms with van der Waals surface area (Å²) in [7, 11) is 0. The van der Waals surface area contributed by atoms with Gasteiger partial charge in [-0.05, 0) is 55.8 Å². The van der Waals surface area contributed by atoms with Crippen molar-refractivity contribution >= 4 is 40.3 Å². The molecule has 0 bridgehead atoms. The summed E-state index contributed by atoms with van der Waals surface area (Å²) in [5, 5.41) is 0. The maximum absolute atomic E-state index is 12.9. The summed E-state index contributed by atoms with van der Waals surface area (Å²) in [6, 6.07) is 17.4. The van der Waals surface area contributed by atoms with E-state index < -0.39 is 0 Å². The molecule has 164 valence electrons. The van der Waals surface area contributed by atoms with E-state index in [0.29, 0.717) is 40.5 Å². The number of para-hydroxylation sites is 1. The highest BCUT2D eigenvalue weighted by molar-refractivity contribution is 8.26. The number of thiocarbonyl (C=S) groups is 1. The molecule has 1 fully saturated rings. The standard InChI is InChI=1S/C25H23NO4S2/c1-17-9-10-22(30-13-12-29-21-8-4-3-6-18(21)2)19(14-17)15-23-24(27)26(25(31)32-23)16-20-7-5-11-28-20/h3-11,14-15H,12-13,16H2,1-2H3. The van der Waals surface area contributed by atoms with Crippen molar-refractivity contribution in [2.45, 2.75) is 20.4 Å². The topological polar surface area (TPSA) is 51.9 Å². The fraction of sp³-hybridized carbons (Fsp3) is 0.200. The van der Waals surface area contributed by atoms with E-state index in [9.17, 15) is 4.79 Å². The van der Waals surface area contributed by atoms with Crippen LogP contribution >= 0.6 is 24.0 Å². The zero-order chi connectivity index (χ0) is 22.5. The van der Waals surface area contributed by atoms with Crippen LogP contribution in [0.4, 0.5) is 0 Å². The molecule has 0 atom stereocenters. The van der Waals surface area contributed by atoms with Crippen LogP contribution in [0, 0.1) is 13.8 Å². The van der Waals surface area contributed by atoms with E-state index in [1.807, 2.05) is 68.5 Å². The van der Waals surface area contributed by atoms with E-state index in [4.69, 9.17) is 26.1 Å². The van der Waals surface area contributed by atoms with Gasteiger partial charge in [0.1, 0.15) is 34.8 Å². The Labute approximate surface area is 197 Å². The summed E-state index contributed by atoms with van der Waals surface area (Å²) in [6.07, 6.45) is 3.42. The Morgan fingerprint density at radius 1 is 1.03 bits per heavy atom. The second-order valence-corrected chi connectivity index (χ2v) is 9.03. The zero-order valence-electron chi connectivity index (χ0n) is 17.9. The molecule has 1 aliphatic rings. The van der Waals surface area contributed by atoms with E-state index in [2.05, 4.69) is 0 Å². The number of carbonyl (C=O) groups excluding carboxylic acids is 1. The van der Waals surface area contributed by atoms with Crippen molar-refractivity contribution in [3.05, 3.63) is 88.2 Å². The summed E-state index contributed by atoms with van der Waals surface area (Å²) in [5.41, 5.74) is 2.99. The third-order valence-electron chi connectivity index (χ3n) is 4.91. The lowest BCUT2D eigenvalue weighted by atomic mass is 10.1. The molecular formula is C25H23NO4S2. The van der Waals surface area contributed by atoms with Crippen molar-refractivity contribution in [3.63, 3.8) is 0 Å². The van der Waals surface area contributed by atoms with Gasteiger partial charge in [-0.2, -0.15) is 0 Å². The number of thioether (sulfide) groups is 1. The molecule has 0 spiro atoms. The van der Waals surface area contributed by atoms with Gasteiger partial charge in [0, 0.05) is 5.56 Å². The Kier molecular flexibility index (Phi) is 6.97. The summed E-state index contributed by atoms with van der Waals surface area (Å²) in [5.74, 6) is 2.10. The van der Waals surface area contributed by atoms with Gasteiger partial charge in [0.25, 0.3) is 5.91 Å². The average Bonchev–Trinajstić information content (AvgIpc) is 3.38.